The molecule has 2 nitrogen and oxygen atoms in total. The molecule has 20 heavy (non-hydrogen) atoms. The summed E-state index contributed by atoms with van der Waals surface area (Å²) in [6, 6.07) is 8.30. The quantitative estimate of drug-likeness (QED) is 0.654. The van der Waals surface area contributed by atoms with Crippen molar-refractivity contribution < 1.29 is 9.90 Å². The van der Waals surface area contributed by atoms with Crippen LogP contribution < -0.4 is 0 Å². The van der Waals surface area contributed by atoms with Gasteiger partial charge in [-0.1, -0.05) is 36.4 Å². The molecule has 1 N–H and O–H groups in total. The highest BCUT2D eigenvalue weighted by Crippen LogP contribution is 2.44. The van der Waals surface area contributed by atoms with Gasteiger partial charge in [0.25, 0.3) is 0 Å². The van der Waals surface area contributed by atoms with E-state index >= 15 is 0 Å². The number of hydrogen-bond donors (Lipinski definition) is 1. The molecule has 0 saturated carbocycles. The van der Waals surface area contributed by atoms with Gasteiger partial charge in [-0.05, 0) is 43.5 Å². The molecule has 1 heterocycles. The third kappa shape index (κ3) is 3.64. The fourth-order valence-electron chi connectivity index (χ4n) is 2.16. The summed E-state index contributed by atoms with van der Waals surface area (Å²) in [5.74, 6) is -0.916. The molecule has 1 aromatic rings. The van der Waals surface area contributed by atoms with Crippen molar-refractivity contribution in [2.45, 2.75) is 30.4 Å². The van der Waals surface area contributed by atoms with E-state index in [1.165, 1.54) is 16.5 Å². The molecule has 0 amide bonds. The first-order valence-electron chi connectivity index (χ1n) is 6.48. The average molecular weight is 286 g/mol. The van der Waals surface area contributed by atoms with Crippen LogP contribution in [0, 0.1) is 0 Å². The van der Waals surface area contributed by atoms with Crippen molar-refractivity contribution in [3.05, 3.63) is 59.7 Å². The number of hydrogen-bond acceptors (Lipinski definition) is 2. The SMILES string of the molecule is CC(/C=C/C1=CC(C)(C)Sc2ccccc21)=C\C(=O)O. The third-order valence-corrected chi connectivity index (χ3v) is 4.17. The first-order valence-corrected chi connectivity index (χ1v) is 7.30. The molecule has 0 unspecified atom stereocenters. The van der Waals surface area contributed by atoms with Gasteiger partial charge in [0, 0.05) is 15.7 Å². The minimum Gasteiger partial charge on any atom is -0.478 e. The molecule has 0 atom stereocenters. The maximum atomic E-state index is 10.6. The lowest BCUT2D eigenvalue weighted by molar-refractivity contribution is -0.131. The summed E-state index contributed by atoms with van der Waals surface area (Å²) in [6.07, 6.45) is 7.29. The molecule has 0 bridgehead atoms. The van der Waals surface area contributed by atoms with Gasteiger partial charge in [0.05, 0.1) is 0 Å². The lowest BCUT2D eigenvalue weighted by Gasteiger charge is -2.28. The maximum Gasteiger partial charge on any atom is 0.328 e. The van der Waals surface area contributed by atoms with Crippen LogP contribution in [-0.4, -0.2) is 15.8 Å². The van der Waals surface area contributed by atoms with Gasteiger partial charge in [0.2, 0.25) is 0 Å². The van der Waals surface area contributed by atoms with Crippen LogP contribution in [0.4, 0.5) is 0 Å². The Hall–Kier alpha value is -1.74. The van der Waals surface area contributed by atoms with Crippen molar-refractivity contribution in [1.29, 1.82) is 0 Å². The number of rotatable bonds is 3. The molecule has 0 aromatic heterocycles. The van der Waals surface area contributed by atoms with E-state index in [1.807, 2.05) is 36.0 Å². The molecule has 0 radical (unpaired) electrons. The molecule has 1 aliphatic rings. The lowest BCUT2D eigenvalue weighted by Crippen LogP contribution is -2.15. The van der Waals surface area contributed by atoms with Crippen molar-refractivity contribution in [3.63, 3.8) is 0 Å². The van der Waals surface area contributed by atoms with Crippen LogP contribution in [0.5, 0.6) is 0 Å². The number of carboxylic acid groups (broad SMARTS) is 1. The topological polar surface area (TPSA) is 37.3 Å². The van der Waals surface area contributed by atoms with Gasteiger partial charge in [-0.3, -0.25) is 0 Å². The predicted molar refractivity (Wildman–Crippen MR) is 84.9 cm³/mol. The summed E-state index contributed by atoms with van der Waals surface area (Å²) in [6.45, 7) is 6.16. The fourth-order valence-corrected chi connectivity index (χ4v) is 3.36. The van der Waals surface area contributed by atoms with Crippen LogP contribution in [0.3, 0.4) is 0 Å². The van der Waals surface area contributed by atoms with Crippen molar-refractivity contribution in [2.75, 3.05) is 0 Å². The van der Waals surface area contributed by atoms with E-state index < -0.39 is 5.97 Å². The second kappa shape index (κ2) is 5.71. The molecule has 0 saturated heterocycles. The van der Waals surface area contributed by atoms with Gasteiger partial charge in [-0.15, -0.1) is 11.8 Å². The minimum absolute atomic E-state index is 0.0401. The van der Waals surface area contributed by atoms with Crippen molar-refractivity contribution >= 4 is 23.3 Å². The summed E-state index contributed by atoms with van der Waals surface area (Å²) in [7, 11) is 0. The molecule has 3 heteroatoms. The highest BCUT2D eigenvalue weighted by molar-refractivity contribution is 8.01. The zero-order valence-corrected chi connectivity index (χ0v) is 12.7. The van der Waals surface area contributed by atoms with E-state index in [-0.39, 0.29) is 4.75 Å². The van der Waals surface area contributed by atoms with Crippen molar-refractivity contribution in [2.24, 2.45) is 0 Å². The van der Waals surface area contributed by atoms with Gasteiger partial charge in [-0.25, -0.2) is 4.79 Å². The molecule has 0 fully saturated rings. The minimum atomic E-state index is -0.916. The molecule has 1 aliphatic heterocycles. The summed E-state index contributed by atoms with van der Waals surface area (Å²) in [5, 5.41) is 8.73. The Balaban J connectivity index is 2.37. The molecule has 104 valence electrons. The number of carbonyl (C=O) groups is 1. The molecular formula is C17H18O2S. The van der Waals surface area contributed by atoms with Crippen molar-refractivity contribution in [3.8, 4) is 0 Å². The third-order valence-electron chi connectivity index (χ3n) is 2.95. The van der Waals surface area contributed by atoms with E-state index in [1.54, 1.807) is 6.92 Å². The second-order valence-corrected chi connectivity index (χ2v) is 7.06. The standard InChI is InChI=1S/C17H18O2S/c1-12(10-16(18)19)8-9-13-11-17(2,3)20-15-7-5-4-6-14(13)15/h4-11H,1-3H3,(H,18,19)/b9-8+,12-10+. The summed E-state index contributed by atoms with van der Waals surface area (Å²) in [5.41, 5.74) is 3.07. The van der Waals surface area contributed by atoms with Crippen molar-refractivity contribution in [1.82, 2.24) is 0 Å². The Bertz CT molecular complexity index is 622. The first kappa shape index (κ1) is 14.7. The number of benzene rings is 1. The van der Waals surface area contributed by atoms with E-state index in [2.05, 4.69) is 32.1 Å². The summed E-state index contributed by atoms with van der Waals surface area (Å²) in [4.78, 5) is 11.9. The molecule has 1 aromatic carbocycles. The normalized spacial score (nSPS) is 17.8. The smallest absolute Gasteiger partial charge is 0.328 e. The molecular weight excluding hydrogens is 268 g/mol. The number of fused-ring (bicyclic) bond motifs is 1. The van der Waals surface area contributed by atoms with Crippen LogP contribution in [0.15, 0.2) is 59.0 Å². The van der Waals surface area contributed by atoms with Gasteiger partial charge in [-0.2, -0.15) is 0 Å². The molecule has 2 rings (SSSR count). The Morgan fingerprint density at radius 3 is 2.70 bits per heavy atom. The second-order valence-electron chi connectivity index (χ2n) is 5.36. The number of aliphatic carboxylic acids is 1. The van der Waals surface area contributed by atoms with Crippen LogP contribution in [0.2, 0.25) is 0 Å². The van der Waals surface area contributed by atoms with Crippen LogP contribution in [0.25, 0.3) is 5.57 Å². The van der Waals surface area contributed by atoms with Crippen LogP contribution in [-0.2, 0) is 4.79 Å². The summed E-state index contributed by atoms with van der Waals surface area (Å²) < 4.78 is 0.0401. The van der Waals surface area contributed by atoms with Crippen LogP contribution >= 0.6 is 11.8 Å². The maximum absolute atomic E-state index is 10.6. The van der Waals surface area contributed by atoms with Gasteiger partial charge < -0.3 is 5.11 Å². The van der Waals surface area contributed by atoms with E-state index in [4.69, 9.17) is 5.11 Å². The Morgan fingerprint density at radius 2 is 2.00 bits per heavy atom. The van der Waals surface area contributed by atoms with Gasteiger partial charge >= 0.3 is 5.97 Å². The van der Waals surface area contributed by atoms with Gasteiger partial charge in [0.1, 0.15) is 0 Å². The molecule has 0 spiro atoms. The van der Waals surface area contributed by atoms with E-state index in [9.17, 15) is 4.79 Å². The zero-order chi connectivity index (χ0) is 14.8. The highest BCUT2D eigenvalue weighted by atomic mass is 32.2. The van der Waals surface area contributed by atoms with E-state index in [0.717, 1.165) is 11.1 Å². The number of carboxylic acids is 1. The Kier molecular flexibility index (Phi) is 4.19. The monoisotopic (exact) mass is 286 g/mol. The lowest BCUT2D eigenvalue weighted by atomic mass is 9.99. The number of allylic oxidation sites excluding steroid dienone is 4. The number of thioether (sulfide) groups is 1. The highest BCUT2D eigenvalue weighted by Gasteiger charge is 2.24. The summed E-state index contributed by atoms with van der Waals surface area (Å²) >= 11 is 1.84. The van der Waals surface area contributed by atoms with Gasteiger partial charge in [0.15, 0.2) is 0 Å². The van der Waals surface area contributed by atoms with Crippen LogP contribution in [0.1, 0.15) is 26.3 Å². The Labute approximate surface area is 123 Å². The zero-order valence-electron chi connectivity index (χ0n) is 11.9. The first-order chi connectivity index (χ1) is 9.37. The largest absolute Gasteiger partial charge is 0.478 e. The Morgan fingerprint density at radius 1 is 1.30 bits per heavy atom. The molecule has 0 aliphatic carbocycles. The average Bonchev–Trinajstić information content (AvgIpc) is 2.33. The van der Waals surface area contributed by atoms with E-state index in [0.29, 0.717) is 0 Å². The predicted octanol–water partition coefficient (Wildman–Crippen LogP) is 4.54. The fraction of sp³-hybridized carbons (Fsp3) is 0.235.